The molecular weight excluding hydrogens is 312 g/mol. The van der Waals surface area contributed by atoms with Crippen LogP contribution in [-0.2, 0) is 12.0 Å². The zero-order valence-corrected chi connectivity index (χ0v) is 14.7. The maximum absolute atomic E-state index is 12.7. The van der Waals surface area contributed by atoms with E-state index in [1.54, 1.807) is 31.2 Å². The highest BCUT2D eigenvalue weighted by molar-refractivity contribution is 6.02. The number of carbonyl (C=O) groups is 1. The van der Waals surface area contributed by atoms with Gasteiger partial charge in [-0.1, -0.05) is 73.9 Å². The summed E-state index contributed by atoms with van der Waals surface area (Å²) >= 11 is 0. The average Bonchev–Trinajstić information content (AvgIpc) is 2.62. The monoisotopic (exact) mass is 338 g/mol. The van der Waals surface area contributed by atoms with Crippen LogP contribution in [0.2, 0.25) is 0 Å². The molecule has 2 N–H and O–H groups in total. The van der Waals surface area contributed by atoms with Gasteiger partial charge in [0.25, 0.3) is 0 Å². The lowest BCUT2D eigenvalue weighted by molar-refractivity contribution is -0.00273. The van der Waals surface area contributed by atoms with E-state index in [0.717, 1.165) is 43.2 Å². The van der Waals surface area contributed by atoms with Gasteiger partial charge in [0.2, 0.25) is 0 Å². The van der Waals surface area contributed by atoms with E-state index in [-0.39, 0.29) is 12.2 Å². The van der Waals surface area contributed by atoms with Crippen LogP contribution >= 0.6 is 0 Å². The number of hydrogen-bond acceptors (Lipinski definition) is 3. The van der Waals surface area contributed by atoms with Crippen molar-refractivity contribution in [2.75, 3.05) is 0 Å². The van der Waals surface area contributed by atoms with E-state index < -0.39 is 11.2 Å². The zero-order chi connectivity index (χ0) is 17.9. The summed E-state index contributed by atoms with van der Waals surface area (Å²) in [6.45, 7) is 1.56. The topological polar surface area (TPSA) is 57.5 Å². The van der Waals surface area contributed by atoms with Gasteiger partial charge in [0.1, 0.15) is 5.60 Å². The molecule has 1 atom stereocenters. The molecule has 132 valence electrons. The Morgan fingerprint density at radius 1 is 1.00 bits per heavy atom. The first kappa shape index (κ1) is 17.8. The molecule has 0 saturated heterocycles. The Kier molecular flexibility index (Phi) is 5.07. The number of aliphatic hydroxyl groups is 2. The second-order valence-corrected chi connectivity index (χ2v) is 7.40. The summed E-state index contributed by atoms with van der Waals surface area (Å²) in [7, 11) is 0. The van der Waals surface area contributed by atoms with E-state index in [1.807, 2.05) is 30.3 Å². The summed E-state index contributed by atoms with van der Waals surface area (Å²) in [6.07, 6.45) is 4.82. The molecule has 3 heteroatoms. The van der Waals surface area contributed by atoms with Gasteiger partial charge >= 0.3 is 0 Å². The first-order chi connectivity index (χ1) is 11.9. The number of carbonyl (C=O) groups excluding carboxylic acids is 1. The fourth-order valence-corrected chi connectivity index (χ4v) is 3.89. The van der Waals surface area contributed by atoms with E-state index in [1.165, 1.54) is 0 Å². The van der Waals surface area contributed by atoms with Gasteiger partial charge in [-0.2, -0.15) is 0 Å². The first-order valence-electron chi connectivity index (χ1n) is 9.05. The summed E-state index contributed by atoms with van der Waals surface area (Å²) in [5.74, 6) is -0.293. The molecule has 25 heavy (non-hydrogen) atoms. The zero-order valence-electron chi connectivity index (χ0n) is 14.7. The summed E-state index contributed by atoms with van der Waals surface area (Å²) in [5, 5.41) is 22.0. The largest absolute Gasteiger partial charge is 0.385 e. The Bertz CT molecular complexity index is 728. The molecule has 0 spiro atoms. The first-order valence-corrected chi connectivity index (χ1v) is 9.05. The van der Waals surface area contributed by atoms with E-state index >= 15 is 0 Å². The van der Waals surface area contributed by atoms with Crippen molar-refractivity contribution in [3.8, 4) is 0 Å². The van der Waals surface area contributed by atoms with Crippen molar-refractivity contribution in [2.45, 2.75) is 56.7 Å². The number of hydrogen-bond donors (Lipinski definition) is 2. The molecule has 0 heterocycles. The van der Waals surface area contributed by atoms with Crippen LogP contribution in [0, 0.1) is 0 Å². The van der Waals surface area contributed by atoms with Gasteiger partial charge in [0.15, 0.2) is 5.78 Å². The summed E-state index contributed by atoms with van der Waals surface area (Å²) in [4.78, 5) is 12.7. The molecule has 3 nitrogen and oxygen atoms in total. The van der Waals surface area contributed by atoms with Gasteiger partial charge in [-0.15, -0.1) is 0 Å². The predicted octanol–water partition coefficient (Wildman–Crippen LogP) is 4.01. The number of benzene rings is 2. The molecule has 0 amide bonds. The second kappa shape index (κ2) is 7.11. The van der Waals surface area contributed by atoms with Crippen LogP contribution in [-0.4, -0.2) is 21.6 Å². The van der Waals surface area contributed by atoms with Gasteiger partial charge in [0, 0.05) is 12.0 Å². The Balaban J connectivity index is 1.89. The number of Topliss-reactive ketones (excluding diaryl/α,β-unsaturated/α-hetero) is 1. The Morgan fingerprint density at radius 3 is 2.28 bits per heavy atom. The molecule has 1 unspecified atom stereocenters. The molecule has 0 aliphatic heterocycles. The lowest BCUT2D eigenvalue weighted by Gasteiger charge is -2.35. The number of rotatable bonds is 5. The summed E-state index contributed by atoms with van der Waals surface area (Å²) < 4.78 is 0. The maximum atomic E-state index is 12.7. The molecule has 1 fully saturated rings. The van der Waals surface area contributed by atoms with Crippen molar-refractivity contribution in [2.24, 2.45) is 0 Å². The van der Waals surface area contributed by atoms with E-state index in [4.69, 9.17) is 0 Å². The van der Waals surface area contributed by atoms with Crippen molar-refractivity contribution in [1.29, 1.82) is 0 Å². The van der Waals surface area contributed by atoms with E-state index in [2.05, 4.69) is 0 Å². The highest BCUT2D eigenvalue weighted by atomic mass is 16.3. The van der Waals surface area contributed by atoms with Gasteiger partial charge in [-0.25, -0.2) is 0 Å². The molecule has 3 rings (SSSR count). The normalized spacial score (nSPS) is 19.2. The van der Waals surface area contributed by atoms with Crippen LogP contribution in [0.5, 0.6) is 0 Å². The Morgan fingerprint density at radius 2 is 1.60 bits per heavy atom. The minimum absolute atomic E-state index is 0.194. The maximum Gasteiger partial charge on any atom is 0.194 e. The van der Waals surface area contributed by atoms with Crippen LogP contribution in [0.1, 0.15) is 60.5 Å². The molecular formula is C22H26O3. The molecule has 1 saturated carbocycles. The van der Waals surface area contributed by atoms with Gasteiger partial charge in [0.05, 0.1) is 5.60 Å². The average molecular weight is 338 g/mol. The van der Waals surface area contributed by atoms with Crippen LogP contribution in [0.4, 0.5) is 0 Å². The third-order valence-corrected chi connectivity index (χ3v) is 5.26. The summed E-state index contributed by atoms with van der Waals surface area (Å²) in [6, 6.07) is 16.5. The predicted molar refractivity (Wildman–Crippen MR) is 98.5 cm³/mol. The molecule has 0 radical (unpaired) electrons. The van der Waals surface area contributed by atoms with E-state index in [0.29, 0.717) is 5.56 Å². The van der Waals surface area contributed by atoms with Gasteiger partial charge in [-0.3, -0.25) is 4.79 Å². The standard InChI is InChI=1S/C22H26O3/c1-21(24,20(23)17-10-4-2-5-11-17)16-18-12-6-7-13-19(18)22(25)14-8-3-9-15-22/h2,4-7,10-13,24-25H,3,8-9,14-16H2,1H3. The second-order valence-electron chi connectivity index (χ2n) is 7.40. The fraction of sp³-hybridized carbons (Fsp3) is 0.409. The third kappa shape index (κ3) is 3.83. The SMILES string of the molecule is CC(O)(Cc1ccccc1C1(O)CCCCC1)C(=O)c1ccccc1. The van der Waals surface area contributed by atoms with Crippen molar-refractivity contribution >= 4 is 5.78 Å². The van der Waals surface area contributed by atoms with Crippen molar-refractivity contribution in [3.05, 3.63) is 71.3 Å². The third-order valence-electron chi connectivity index (χ3n) is 5.26. The minimum Gasteiger partial charge on any atom is -0.385 e. The highest BCUT2D eigenvalue weighted by Gasteiger charge is 2.37. The van der Waals surface area contributed by atoms with Crippen LogP contribution in [0.25, 0.3) is 0 Å². The molecule has 2 aromatic carbocycles. The fourth-order valence-electron chi connectivity index (χ4n) is 3.89. The Labute approximate surface area is 149 Å². The highest BCUT2D eigenvalue weighted by Crippen LogP contribution is 2.39. The lowest BCUT2D eigenvalue weighted by atomic mass is 9.76. The lowest BCUT2D eigenvalue weighted by Crippen LogP contribution is -2.39. The van der Waals surface area contributed by atoms with Gasteiger partial charge < -0.3 is 10.2 Å². The van der Waals surface area contributed by atoms with Crippen molar-refractivity contribution < 1.29 is 15.0 Å². The number of ketones is 1. The van der Waals surface area contributed by atoms with E-state index in [9.17, 15) is 15.0 Å². The van der Waals surface area contributed by atoms with Crippen LogP contribution in [0.3, 0.4) is 0 Å². The molecule has 0 bridgehead atoms. The van der Waals surface area contributed by atoms with Crippen molar-refractivity contribution in [1.82, 2.24) is 0 Å². The molecule has 2 aromatic rings. The molecule has 1 aliphatic rings. The van der Waals surface area contributed by atoms with Crippen LogP contribution in [0.15, 0.2) is 54.6 Å². The smallest absolute Gasteiger partial charge is 0.194 e. The minimum atomic E-state index is -1.51. The Hall–Kier alpha value is -1.97. The quantitative estimate of drug-likeness (QED) is 0.810. The van der Waals surface area contributed by atoms with Crippen LogP contribution < -0.4 is 0 Å². The molecule has 0 aromatic heterocycles. The van der Waals surface area contributed by atoms with Gasteiger partial charge in [-0.05, 0) is 30.9 Å². The summed E-state index contributed by atoms with van der Waals surface area (Å²) in [5.41, 5.74) is -0.151. The molecule has 1 aliphatic carbocycles. The van der Waals surface area contributed by atoms with Crippen molar-refractivity contribution in [3.63, 3.8) is 0 Å².